The molecule has 2 heterocycles. The molecule has 7 nitrogen and oxygen atoms in total. The molecule has 2 amide bonds. The monoisotopic (exact) mass is 514 g/mol. The highest BCUT2D eigenvalue weighted by Gasteiger charge is 2.38. The SMILES string of the molecule is O=C(Nc1cccc(C(F)(F)F)c1)NC1CCN(c2ccnc3ccccc23)C1.O=C(O)C(F)(F)F. The first kappa shape index (κ1) is 26.6. The zero-order valence-electron chi connectivity index (χ0n) is 18.4. The number of amides is 2. The summed E-state index contributed by atoms with van der Waals surface area (Å²) in [6.07, 6.45) is -7.03. The Kier molecular flexibility index (Phi) is 7.90. The predicted octanol–water partition coefficient (Wildman–Crippen LogP) is 5.29. The van der Waals surface area contributed by atoms with E-state index in [0.29, 0.717) is 6.54 Å². The van der Waals surface area contributed by atoms with Crippen LogP contribution in [-0.4, -0.2) is 47.4 Å². The molecule has 1 saturated heterocycles. The van der Waals surface area contributed by atoms with Crippen molar-refractivity contribution in [1.82, 2.24) is 10.3 Å². The van der Waals surface area contributed by atoms with Gasteiger partial charge in [0.15, 0.2) is 0 Å². The maximum atomic E-state index is 12.8. The number of carbonyl (C=O) groups excluding carboxylic acids is 1. The van der Waals surface area contributed by atoms with Gasteiger partial charge in [-0.3, -0.25) is 4.98 Å². The van der Waals surface area contributed by atoms with Gasteiger partial charge in [0.05, 0.1) is 11.1 Å². The lowest BCUT2D eigenvalue weighted by Crippen LogP contribution is -2.39. The van der Waals surface area contributed by atoms with Crippen molar-refractivity contribution in [2.24, 2.45) is 0 Å². The first-order valence-corrected chi connectivity index (χ1v) is 10.5. The van der Waals surface area contributed by atoms with Gasteiger partial charge in [-0.05, 0) is 36.8 Å². The average molecular weight is 514 g/mol. The Morgan fingerprint density at radius 3 is 2.36 bits per heavy atom. The summed E-state index contributed by atoms with van der Waals surface area (Å²) >= 11 is 0. The van der Waals surface area contributed by atoms with Gasteiger partial charge in [-0.15, -0.1) is 0 Å². The highest BCUT2D eigenvalue weighted by Crippen LogP contribution is 2.31. The Balaban J connectivity index is 0.000000454. The highest BCUT2D eigenvalue weighted by molar-refractivity contribution is 5.92. The molecule has 0 aliphatic carbocycles. The summed E-state index contributed by atoms with van der Waals surface area (Å²) in [5, 5.41) is 13.5. The molecular weight excluding hydrogens is 494 g/mol. The second-order valence-electron chi connectivity index (χ2n) is 7.76. The number of carboxylic acids is 1. The number of urea groups is 1. The fourth-order valence-electron chi connectivity index (χ4n) is 3.58. The molecule has 1 aliphatic rings. The number of carboxylic acid groups (broad SMARTS) is 1. The van der Waals surface area contributed by atoms with E-state index < -0.39 is 29.9 Å². The summed E-state index contributed by atoms with van der Waals surface area (Å²) in [6, 6.07) is 13.8. The first-order chi connectivity index (χ1) is 16.8. The van der Waals surface area contributed by atoms with Crippen LogP contribution in [0.4, 0.5) is 42.5 Å². The number of halogens is 6. The van der Waals surface area contributed by atoms with Gasteiger partial charge in [-0.25, -0.2) is 9.59 Å². The first-order valence-electron chi connectivity index (χ1n) is 10.5. The third-order valence-electron chi connectivity index (χ3n) is 5.18. The minimum atomic E-state index is -5.08. The number of nitrogens with zero attached hydrogens (tertiary/aromatic N) is 2. The number of alkyl halides is 6. The van der Waals surface area contributed by atoms with E-state index in [1.807, 2.05) is 30.3 Å². The van der Waals surface area contributed by atoms with Gasteiger partial charge in [-0.1, -0.05) is 24.3 Å². The number of rotatable bonds is 3. The molecular formula is C23H20F6N4O3. The standard InChI is InChI=1S/C21H19F3N4O.C2HF3O2/c22-21(23,24)14-4-3-5-15(12-14)26-20(29)27-16-9-11-28(13-16)19-8-10-25-18-7-2-1-6-17(18)19;3-2(4,5)1(6)7/h1-8,10,12,16H,9,11,13H2,(H2,26,27,29);(H,6,7). The lowest BCUT2D eigenvalue weighted by Gasteiger charge is -2.21. The van der Waals surface area contributed by atoms with E-state index in [-0.39, 0.29) is 11.7 Å². The second kappa shape index (κ2) is 10.7. The molecule has 1 aromatic heterocycles. The van der Waals surface area contributed by atoms with Crippen LogP contribution in [0.25, 0.3) is 10.9 Å². The topological polar surface area (TPSA) is 94.6 Å². The molecule has 3 aromatic rings. The van der Waals surface area contributed by atoms with E-state index in [1.54, 1.807) is 6.20 Å². The molecule has 13 heteroatoms. The van der Waals surface area contributed by atoms with Crippen molar-refractivity contribution in [3.63, 3.8) is 0 Å². The van der Waals surface area contributed by atoms with Crippen molar-refractivity contribution in [2.45, 2.75) is 24.8 Å². The molecule has 0 spiro atoms. The summed E-state index contributed by atoms with van der Waals surface area (Å²) in [4.78, 5) is 27.7. The van der Waals surface area contributed by atoms with E-state index in [4.69, 9.17) is 9.90 Å². The maximum absolute atomic E-state index is 12.8. The second-order valence-corrected chi connectivity index (χ2v) is 7.76. The van der Waals surface area contributed by atoms with Crippen LogP contribution in [0.2, 0.25) is 0 Å². The predicted molar refractivity (Wildman–Crippen MR) is 120 cm³/mol. The molecule has 2 aromatic carbocycles. The highest BCUT2D eigenvalue weighted by atomic mass is 19.4. The van der Waals surface area contributed by atoms with Crippen LogP contribution in [0, 0.1) is 0 Å². The van der Waals surface area contributed by atoms with Crippen molar-refractivity contribution in [2.75, 3.05) is 23.3 Å². The van der Waals surface area contributed by atoms with Crippen molar-refractivity contribution in [3.8, 4) is 0 Å². The van der Waals surface area contributed by atoms with Gasteiger partial charge in [-0.2, -0.15) is 26.3 Å². The van der Waals surface area contributed by atoms with Crippen LogP contribution in [0.15, 0.2) is 60.8 Å². The molecule has 4 rings (SSSR count). The van der Waals surface area contributed by atoms with Gasteiger partial charge in [0.25, 0.3) is 0 Å². The fourth-order valence-corrected chi connectivity index (χ4v) is 3.58. The summed E-state index contributed by atoms with van der Waals surface area (Å²) in [7, 11) is 0. The number of nitrogens with one attached hydrogen (secondary N) is 2. The number of hydrogen-bond donors (Lipinski definition) is 3. The molecule has 36 heavy (non-hydrogen) atoms. The smallest absolute Gasteiger partial charge is 0.475 e. The molecule has 3 N–H and O–H groups in total. The van der Waals surface area contributed by atoms with E-state index >= 15 is 0 Å². The maximum Gasteiger partial charge on any atom is 0.490 e. The molecule has 0 bridgehead atoms. The molecule has 1 aliphatic heterocycles. The Bertz CT molecular complexity index is 1230. The van der Waals surface area contributed by atoms with Crippen molar-refractivity contribution in [1.29, 1.82) is 0 Å². The number of benzene rings is 2. The van der Waals surface area contributed by atoms with Gasteiger partial charge in [0.1, 0.15) is 0 Å². The summed E-state index contributed by atoms with van der Waals surface area (Å²) in [5.74, 6) is -2.76. The summed E-state index contributed by atoms with van der Waals surface area (Å²) in [5.41, 5.74) is 1.26. The lowest BCUT2D eigenvalue weighted by atomic mass is 10.2. The van der Waals surface area contributed by atoms with Crippen molar-refractivity contribution < 1.29 is 41.0 Å². The van der Waals surface area contributed by atoms with Crippen molar-refractivity contribution >= 4 is 34.3 Å². The van der Waals surface area contributed by atoms with Gasteiger partial charge in [0, 0.05) is 42.1 Å². The molecule has 0 radical (unpaired) electrons. The quantitative estimate of drug-likeness (QED) is 0.413. The average Bonchev–Trinajstić information content (AvgIpc) is 3.26. The van der Waals surface area contributed by atoms with Crippen LogP contribution < -0.4 is 15.5 Å². The third kappa shape index (κ3) is 6.99. The number of hydrogen-bond acceptors (Lipinski definition) is 4. The Morgan fingerprint density at radius 1 is 1.00 bits per heavy atom. The van der Waals surface area contributed by atoms with E-state index in [9.17, 15) is 31.1 Å². The molecule has 1 unspecified atom stereocenters. The summed E-state index contributed by atoms with van der Waals surface area (Å²) < 4.78 is 70.2. The van der Waals surface area contributed by atoms with E-state index in [0.717, 1.165) is 41.7 Å². The van der Waals surface area contributed by atoms with Gasteiger partial charge in [0.2, 0.25) is 0 Å². The van der Waals surface area contributed by atoms with Gasteiger partial charge >= 0.3 is 24.4 Å². The van der Waals surface area contributed by atoms with Crippen LogP contribution in [0.3, 0.4) is 0 Å². The van der Waals surface area contributed by atoms with Crippen molar-refractivity contribution in [3.05, 3.63) is 66.4 Å². The Morgan fingerprint density at radius 2 is 1.69 bits per heavy atom. The van der Waals surface area contributed by atoms with E-state index in [1.165, 1.54) is 12.1 Å². The number of carbonyl (C=O) groups is 2. The van der Waals surface area contributed by atoms with Gasteiger partial charge < -0.3 is 20.6 Å². The Labute approximate surface area is 200 Å². The number of anilines is 2. The minimum absolute atomic E-state index is 0.104. The largest absolute Gasteiger partial charge is 0.490 e. The zero-order chi connectivity index (χ0) is 26.5. The minimum Gasteiger partial charge on any atom is -0.475 e. The fraction of sp³-hybridized carbons (Fsp3) is 0.261. The number of para-hydroxylation sites is 1. The number of aromatic nitrogens is 1. The number of aliphatic carboxylic acids is 1. The summed E-state index contributed by atoms with van der Waals surface area (Å²) in [6.45, 7) is 1.38. The number of fused-ring (bicyclic) bond motifs is 1. The lowest BCUT2D eigenvalue weighted by molar-refractivity contribution is -0.192. The molecule has 1 atom stereocenters. The van der Waals surface area contributed by atoms with E-state index in [2.05, 4.69) is 20.5 Å². The third-order valence-corrected chi connectivity index (χ3v) is 5.18. The number of pyridine rings is 1. The van der Waals surface area contributed by atoms with Crippen LogP contribution in [0.1, 0.15) is 12.0 Å². The Hall–Kier alpha value is -4.03. The molecule has 192 valence electrons. The van der Waals surface area contributed by atoms with Crippen LogP contribution in [-0.2, 0) is 11.0 Å². The molecule has 1 fully saturated rings. The van der Waals surface area contributed by atoms with Crippen LogP contribution in [0.5, 0.6) is 0 Å². The van der Waals surface area contributed by atoms with Crippen LogP contribution >= 0.6 is 0 Å². The normalized spacial score (nSPS) is 15.7. The molecule has 0 saturated carbocycles. The zero-order valence-corrected chi connectivity index (χ0v) is 18.4.